The lowest BCUT2D eigenvalue weighted by Gasteiger charge is -2.28. The highest BCUT2D eigenvalue weighted by Crippen LogP contribution is 2.32. The van der Waals surface area contributed by atoms with Gasteiger partial charge in [-0.15, -0.1) is 0 Å². The predicted octanol–water partition coefficient (Wildman–Crippen LogP) is 2.38. The van der Waals surface area contributed by atoms with Gasteiger partial charge in [0.1, 0.15) is 18.2 Å². The number of carbonyl (C=O) groups is 1. The van der Waals surface area contributed by atoms with Gasteiger partial charge in [-0.1, -0.05) is 0 Å². The summed E-state index contributed by atoms with van der Waals surface area (Å²) in [6.45, 7) is 0.220. The molecular weight excluding hydrogens is 310 g/mol. The quantitative estimate of drug-likeness (QED) is 0.687. The van der Waals surface area contributed by atoms with Gasteiger partial charge in [0.2, 0.25) is 0 Å². The molecule has 7 nitrogen and oxygen atoms in total. The highest BCUT2D eigenvalue weighted by Gasteiger charge is 2.26. The number of anilines is 1. The number of hydrogen-bond acceptors (Lipinski definition) is 5. The maximum atomic E-state index is 11.9. The second-order valence-electron chi connectivity index (χ2n) is 5.56. The van der Waals surface area contributed by atoms with E-state index < -0.39 is 6.09 Å². The first-order valence-electron chi connectivity index (χ1n) is 7.53. The zero-order valence-corrected chi connectivity index (χ0v) is 12.7. The summed E-state index contributed by atoms with van der Waals surface area (Å²) in [5.74, 6) is 0.869. The highest BCUT2D eigenvalue weighted by atomic mass is 16.6. The molecule has 2 heterocycles. The Morgan fingerprint density at radius 3 is 2.79 bits per heavy atom. The number of carbonyl (C=O) groups excluding carboxylic acids is 1. The van der Waals surface area contributed by atoms with Gasteiger partial charge in [0.15, 0.2) is 0 Å². The number of rotatable bonds is 3. The van der Waals surface area contributed by atoms with Crippen LogP contribution in [0.2, 0.25) is 0 Å². The molecule has 0 saturated heterocycles. The van der Waals surface area contributed by atoms with Gasteiger partial charge in [-0.3, -0.25) is 4.90 Å². The lowest BCUT2D eigenvalue weighted by molar-refractivity contribution is 0.140. The fraction of sp³-hybridized carbons (Fsp3) is 0.176. The van der Waals surface area contributed by atoms with Crippen LogP contribution < -0.4 is 4.90 Å². The van der Waals surface area contributed by atoms with Crippen LogP contribution in [-0.2, 0) is 11.3 Å². The van der Waals surface area contributed by atoms with Gasteiger partial charge in [0, 0.05) is 11.1 Å². The van der Waals surface area contributed by atoms with Crippen LogP contribution >= 0.6 is 0 Å². The Morgan fingerprint density at radius 1 is 1.25 bits per heavy atom. The Labute approximate surface area is 137 Å². The molecule has 1 amide bonds. The number of aromatic amines is 1. The van der Waals surface area contributed by atoms with Crippen LogP contribution in [0, 0.1) is 0 Å². The molecule has 0 radical (unpaired) electrons. The second kappa shape index (κ2) is 5.54. The number of aromatic nitrogens is 2. The minimum atomic E-state index is -0.467. The van der Waals surface area contributed by atoms with E-state index in [1.807, 2.05) is 12.1 Å². The molecule has 122 valence electrons. The Kier molecular flexibility index (Phi) is 3.35. The molecule has 3 aromatic rings. The van der Waals surface area contributed by atoms with E-state index in [1.165, 1.54) is 4.90 Å². The smallest absolute Gasteiger partial charge is 0.414 e. The number of aliphatic hydroxyl groups excluding tert-OH is 1. The Morgan fingerprint density at radius 2 is 2.04 bits per heavy atom. The van der Waals surface area contributed by atoms with E-state index >= 15 is 0 Å². The van der Waals surface area contributed by atoms with E-state index in [2.05, 4.69) is 9.97 Å². The monoisotopic (exact) mass is 325 g/mol. The van der Waals surface area contributed by atoms with Crippen LogP contribution in [0.1, 0.15) is 5.56 Å². The molecule has 24 heavy (non-hydrogen) atoms. The average Bonchev–Trinajstić information content (AvgIpc) is 2.99. The number of H-pyrrole nitrogens is 1. The number of ether oxygens (including phenoxy) is 1. The minimum absolute atomic E-state index is 0.147. The number of amides is 1. The molecule has 2 aromatic carbocycles. The van der Waals surface area contributed by atoms with Gasteiger partial charge in [-0.25, -0.2) is 9.78 Å². The Bertz CT molecular complexity index is 917. The first-order valence-corrected chi connectivity index (χ1v) is 7.53. The third kappa shape index (κ3) is 2.35. The first kappa shape index (κ1) is 14.5. The normalized spacial score (nSPS) is 13.9. The van der Waals surface area contributed by atoms with Gasteiger partial charge in [-0.2, -0.15) is 0 Å². The van der Waals surface area contributed by atoms with Crippen LogP contribution in [0.25, 0.3) is 22.4 Å². The zero-order chi connectivity index (χ0) is 16.7. The van der Waals surface area contributed by atoms with E-state index in [4.69, 9.17) is 9.84 Å². The number of aromatic hydroxyl groups is 1. The number of cyclic esters (lactones) is 1. The van der Waals surface area contributed by atoms with E-state index in [0.29, 0.717) is 11.5 Å². The summed E-state index contributed by atoms with van der Waals surface area (Å²) >= 11 is 0. The molecule has 7 heteroatoms. The van der Waals surface area contributed by atoms with Crippen LogP contribution in [0.4, 0.5) is 10.5 Å². The summed E-state index contributed by atoms with van der Waals surface area (Å²) in [4.78, 5) is 21.1. The van der Waals surface area contributed by atoms with Crippen molar-refractivity contribution in [1.29, 1.82) is 0 Å². The lowest BCUT2D eigenvalue weighted by atomic mass is 10.1. The van der Waals surface area contributed by atoms with Crippen molar-refractivity contribution in [3.63, 3.8) is 0 Å². The highest BCUT2D eigenvalue weighted by molar-refractivity contribution is 5.94. The number of phenols is 1. The minimum Gasteiger partial charge on any atom is -0.508 e. The van der Waals surface area contributed by atoms with Gasteiger partial charge < -0.3 is 19.9 Å². The predicted molar refractivity (Wildman–Crippen MR) is 87.8 cm³/mol. The number of nitrogens with one attached hydrogen (secondary N) is 1. The molecule has 0 spiro atoms. The molecular formula is C17H15N3O4. The standard InChI is InChI=1S/C17H15N3O4/c21-6-5-20-15-8-14-13(7-11(15)9-24-17(20)23)18-16(19-14)10-1-3-12(22)4-2-10/h1-4,7-8,21-22H,5-6,9H2,(H,18,19). The van der Waals surface area contributed by atoms with Gasteiger partial charge >= 0.3 is 6.09 Å². The van der Waals surface area contributed by atoms with Crippen molar-refractivity contribution < 1.29 is 19.7 Å². The van der Waals surface area contributed by atoms with E-state index in [1.54, 1.807) is 24.3 Å². The third-order valence-corrected chi connectivity index (χ3v) is 4.01. The van der Waals surface area contributed by atoms with Crippen molar-refractivity contribution in [2.45, 2.75) is 6.61 Å². The van der Waals surface area contributed by atoms with Crippen LogP contribution in [-0.4, -0.2) is 39.4 Å². The topological polar surface area (TPSA) is 98.7 Å². The number of fused-ring (bicyclic) bond motifs is 2. The van der Waals surface area contributed by atoms with Crippen molar-refractivity contribution >= 4 is 22.8 Å². The Hall–Kier alpha value is -3.06. The number of nitrogens with zero attached hydrogens (tertiary/aromatic N) is 2. The third-order valence-electron chi connectivity index (χ3n) is 4.01. The molecule has 1 aromatic heterocycles. The van der Waals surface area contributed by atoms with E-state index in [-0.39, 0.29) is 25.5 Å². The van der Waals surface area contributed by atoms with Gasteiger partial charge in [0.25, 0.3) is 0 Å². The van der Waals surface area contributed by atoms with Crippen LogP contribution in [0.15, 0.2) is 36.4 Å². The summed E-state index contributed by atoms with van der Waals surface area (Å²) < 4.78 is 5.14. The van der Waals surface area contributed by atoms with Crippen molar-refractivity contribution in [3.05, 3.63) is 42.0 Å². The number of imidazole rings is 1. The van der Waals surface area contributed by atoms with Crippen molar-refractivity contribution in [1.82, 2.24) is 9.97 Å². The largest absolute Gasteiger partial charge is 0.508 e. The van der Waals surface area contributed by atoms with Crippen LogP contribution in [0.5, 0.6) is 5.75 Å². The van der Waals surface area contributed by atoms with E-state index in [0.717, 1.165) is 22.2 Å². The van der Waals surface area contributed by atoms with Crippen LogP contribution in [0.3, 0.4) is 0 Å². The molecule has 0 atom stereocenters. The maximum Gasteiger partial charge on any atom is 0.414 e. The molecule has 1 aliphatic rings. The number of β-amino-alcohol motifs (C(OH)–C–C–N with tert-alkyl or cyclic N) is 1. The molecule has 0 bridgehead atoms. The van der Waals surface area contributed by atoms with Crippen molar-refractivity contribution in [2.75, 3.05) is 18.1 Å². The average molecular weight is 325 g/mol. The zero-order valence-electron chi connectivity index (χ0n) is 12.7. The molecule has 1 aliphatic heterocycles. The molecule has 0 fully saturated rings. The molecule has 0 aliphatic carbocycles. The molecule has 3 N–H and O–H groups in total. The number of hydrogen-bond donors (Lipinski definition) is 3. The summed E-state index contributed by atoms with van der Waals surface area (Å²) in [7, 11) is 0. The van der Waals surface area contributed by atoms with Gasteiger partial charge in [-0.05, 0) is 36.4 Å². The maximum absolute atomic E-state index is 11.9. The number of benzene rings is 2. The van der Waals surface area contributed by atoms with Gasteiger partial charge in [0.05, 0.1) is 29.9 Å². The summed E-state index contributed by atoms with van der Waals surface area (Å²) in [6, 6.07) is 10.5. The summed E-state index contributed by atoms with van der Waals surface area (Å²) in [6.07, 6.45) is -0.467. The summed E-state index contributed by atoms with van der Waals surface area (Å²) in [5.41, 5.74) is 3.96. The lowest BCUT2D eigenvalue weighted by Crippen LogP contribution is -2.37. The summed E-state index contributed by atoms with van der Waals surface area (Å²) in [5, 5.41) is 18.5. The van der Waals surface area contributed by atoms with Crippen molar-refractivity contribution in [2.24, 2.45) is 0 Å². The first-order chi connectivity index (χ1) is 11.7. The number of phenolic OH excluding ortho intramolecular Hbond substituents is 1. The fourth-order valence-electron chi connectivity index (χ4n) is 2.84. The molecule has 0 saturated carbocycles. The molecule has 4 rings (SSSR count). The Balaban J connectivity index is 1.81. The second-order valence-corrected chi connectivity index (χ2v) is 5.56. The molecule has 0 unspecified atom stereocenters. The fourth-order valence-corrected chi connectivity index (χ4v) is 2.84. The van der Waals surface area contributed by atoms with Crippen molar-refractivity contribution in [3.8, 4) is 17.1 Å². The SMILES string of the molecule is O=C1OCc2cc3[nH]c(-c4ccc(O)cc4)nc3cc2N1CCO. The van der Waals surface area contributed by atoms with E-state index in [9.17, 15) is 9.90 Å². The number of aliphatic hydroxyl groups is 1.